The van der Waals surface area contributed by atoms with E-state index in [0.717, 1.165) is 17.9 Å². The number of nitrogens with one attached hydrogen (secondary N) is 1. The summed E-state index contributed by atoms with van der Waals surface area (Å²) in [6.07, 6.45) is 5.33. The van der Waals surface area contributed by atoms with Crippen LogP contribution in [-0.4, -0.2) is 21.1 Å². The zero-order valence-corrected chi connectivity index (χ0v) is 6.86. The van der Waals surface area contributed by atoms with E-state index < -0.39 is 0 Å². The predicted molar refractivity (Wildman–Crippen MR) is 47.2 cm³/mol. The van der Waals surface area contributed by atoms with Crippen LogP contribution in [0.15, 0.2) is 24.7 Å². The summed E-state index contributed by atoms with van der Waals surface area (Å²) in [5.41, 5.74) is 1.90. The average molecular weight is 162 g/mol. The number of fused-ring (bicyclic) bond motifs is 1. The van der Waals surface area contributed by atoms with Crippen molar-refractivity contribution in [1.82, 2.24) is 14.6 Å². The summed E-state index contributed by atoms with van der Waals surface area (Å²) in [5.74, 6) is 0. The molecular weight excluding hydrogens is 152 g/mol. The molecule has 2 rings (SSSR count). The minimum Gasteiger partial charge on any atom is -0.382 e. The van der Waals surface area contributed by atoms with Crippen LogP contribution in [0.2, 0.25) is 0 Å². The number of aromatic nitrogens is 3. The quantitative estimate of drug-likeness (QED) is 0.720. The van der Waals surface area contributed by atoms with Gasteiger partial charge in [0.15, 0.2) is 5.65 Å². The molecule has 0 fully saturated rings. The molecule has 0 aromatic carbocycles. The Balaban J connectivity index is 2.57. The Kier molecular flexibility index (Phi) is 1.66. The maximum absolute atomic E-state index is 4.18. The van der Waals surface area contributed by atoms with Gasteiger partial charge in [0.25, 0.3) is 0 Å². The van der Waals surface area contributed by atoms with Crippen molar-refractivity contribution in [3.8, 4) is 0 Å². The van der Waals surface area contributed by atoms with Gasteiger partial charge < -0.3 is 5.32 Å². The Morgan fingerprint density at radius 1 is 1.50 bits per heavy atom. The first-order valence-corrected chi connectivity index (χ1v) is 3.94. The molecule has 0 amide bonds. The number of hydrogen-bond acceptors (Lipinski definition) is 3. The van der Waals surface area contributed by atoms with Crippen molar-refractivity contribution in [2.45, 2.75) is 6.92 Å². The van der Waals surface area contributed by atoms with Crippen LogP contribution in [0.5, 0.6) is 0 Å². The lowest BCUT2D eigenvalue weighted by atomic mass is 10.4. The van der Waals surface area contributed by atoms with Crippen molar-refractivity contribution < 1.29 is 0 Å². The van der Waals surface area contributed by atoms with E-state index in [9.17, 15) is 0 Å². The Labute approximate surface area is 70.2 Å². The first-order chi connectivity index (χ1) is 5.92. The summed E-state index contributed by atoms with van der Waals surface area (Å²) in [7, 11) is 0. The smallest absolute Gasteiger partial charge is 0.176 e. The molecule has 0 aliphatic rings. The minimum absolute atomic E-state index is 0.874. The summed E-state index contributed by atoms with van der Waals surface area (Å²) in [5, 5.41) is 7.31. The van der Waals surface area contributed by atoms with E-state index in [4.69, 9.17) is 0 Å². The van der Waals surface area contributed by atoms with E-state index in [-0.39, 0.29) is 0 Å². The maximum atomic E-state index is 4.18. The largest absolute Gasteiger partial charge is 0.382 e. The Hall–Kier alpha value is -1.58. The van der Waals surface area contributed by atoms with E-state index in [1.807, 2.05) is 12.3 Å². The van der Waals surface area contributed by atoms with Gasteiger partial charge in [0, 0.05) is 18.9 Å². The van der Waals surface area contributed by atoms with E-state index in [1.165, 1.54) is 0 Å². The molecule has 2 aromatic heterocycles. The molecule has 4 heteroatoms. The lowest BCUT2D eigenvalue weighted by molar-refractivity contribution is 0.934. The molecule has 0 radical (unpaired) electrons. The summed E-state index contributed by atoms with van der Waals surface area (Å²) >= 11 is 0. The van der Waals surface area contributed by atoms with Gasteiger partial charge in [0.2, 0.25) is 0 Å². The van der Waals surface area contributed by atoms with Crippen LogP contribution in [0.4, 0.5) is 5.69 Å². The highest BCUT2D eigenvalue weighted by molar-refractivity contribution is 5.66. The molecule has 1 N–H and O–H groups in total. The van der Waals surface area contributed by atoms with E-state index in [1.54, 1.807) is 16.9 Å². The molecular formula is C8H10N4. The first kappa shape index (κ1) is 7.09. The third-order valence-corrected chi connectivity index (χ3v) is 1.66. The van der Waals surface area contributed by atoms with Gasteiger partial charge in [-0.25, -0.2) is 9.50 Å². The highest BCUT2D eigenvalue weighted by Crippen LogP contribution is 2.11. The van der Waals surface area contributed by atoms with Crippen LogP contribution < -0.4 is 5.32 Å². The highest BCUT2D eigenvalue weighted by Gasteiger charge is 1.99. The van der Waals surface area contributed by atoms with Crippen molar-refractivity contribution in [1.29, 1.82) is 0 Å². The minimum atomic E-state index is 0.874. The normalized spacial score (nSPS) is 10.4. The van der Waals surface area contributed by atoms with Gasteiger partial charge in [-0.2, -0.15) is 5.10 Å². The fourth-order valence-electron chi connectivity index (χ4n) is 1.17. The maximum Gasteiger partial charge on any atom is 0.176 e. The predicted octanol–water partition coefficient (Wildman–Crippen LogP) is 1.16. The van der Waals surface area contributed by atoms with Crippen LogP contribution in [-0.2, 0) is 0 Å². The standard InChI is InChI=1S/C8H10N4/c1-2-9-7-3-4-11-12-6-5-10-8(7)12/h3-6,9H,2H2,1H3. The van der Waals surface area contributed by atoms with Crippen molar-refractivity contribution in [3.63, 3.8) is 0 Å². The Morgan fingerprint density at radius 3 is 3.25 bits per heavy atom. The molecule has 0 saturated heterocycles. The summed E-state index contributed by atoms with van der Waals surface area (Å²) in [6, 6.07) is 1.92. The molecule has 0 atom stereocenters. The average Bonchev–Trinajstić information content (AvgIpc) is 2.53. The zero-order valence-electron chi connectivity index (χ0n) is 6.86. The van der Waals surface area contributed by atoms with Crippen LogP contribution in [0.1, 0.15) is 6.92 Å². The third-order valence-electron chi connectivity index (χ3n) is 1.66. The zero-order chi connectivity index (χ0) is 8.39. The van der Waals surface area contributed by atoms with E-state index >= 15 is 0 Å². The molecule has 0 spiro atoms. The molecule has 12 heavy (non-hydrogen) atoms. The van der Waals surface area contributed by atoms with Gasteiger partial charge in [-0.1, -0.05) is 0 Å². The number of nitrogens with zero attached hydrogens (tertiary/aromatic N) is 3. The lowest BCUT2D eigenvalue weighted by Gasteiger charge is -2.02. The van der Waals surface area contributed by atoms with Gasteiger partial charge in [0.05, 0.1) is 11.9 Å². The number of imidazole rings is 1. The van der Waals surface area contributed by atoms with Crippen LogP contribution in [0, 0.1) is 0 Å². The first-order valence-electron chi connectivity index (χ1n) is 3.94. The Morgan fingerprint density at radius 2 is 2.42 bits per heavy atom. The molecule has 4 nitrogen and oxygen atoms in total. The monoisotopic (exact) mass is 162 g/mol. The second-order valence-electron chi connectivity index (χ2n) is 2.47. The van der Waals surface area contributed by atoms with Crippen LogP contribution >= 0.6 is 0 Å². The van der Waals surface area contributed by atoms with Crippen LogP contribution in [0.3, 0.4) is 0 Å². The van der Waals surface area contributed by atoms with Gasteiger partial charge in [0.1, 0.15) is 0 Å². The second-order valence-corrected chi connectivity index (χ2v) is 2.47. The molecule has 0 saturated carbocycles. The topological polar surface area (TPSA) is 42.2 Å². The van der Waals surface area contributed by atoms with E-state index in [0.29, 0.717) is 0 Å². The summed E-state index contributed by atoms with van der Waals surface area (Å²) in [6.45, 7) is 2.95. The van der Waals surface area contributed by atoms with Crippen molar-refractivity contribution in [3.05, 3.63) is 24.7 Å². The molecule has 2 heterocycles. The number of anilines is 1. The fraction of sp³-hybridized carbons (Fsp3) is 0.250. The van der Waals surface area contributed by atoms with Crippen molar-refractivity contribution in [2.75, 3.05) is 11.9 Å². The molecule has 0 unspecified atom stereocenters. The van der Waals surface area contributed by atoms with Crippen LogP contribution in [0.25, 0.3) is 5.65 Å². The Bertz CT molecular complexity index is 379. The van der Waals surface area contributed by atoms with Gasteiger partial charge in [-0.3, -0.25) is 0 Å². The number of hydrogen-bond donors (Lipinski definition) is 1. The third kappa shape index (κ3) is 1.01. The lowest BCUT2D eigenvalue weighted by Crippen LogP contribution is -2.00. The van der Waals surface area contributed by atoms with Gasteiger partial charge in [-0.15, -0.1) is 0 Å². The van der Waals surface area contributed by atoms with Gasteiger partial charge in [-0.05, 0) is 13.0 Å². The van der Waals surface area contributed by atoms with Crippen molar-refractivity contribution >= 4 is 11.3 Å². The highest BCUT2D eigenvalue weighted by atomic mass is 15.2. The molecule has 0 aliphatic carbocycles. The second kappa shape index (κ2) is 2.81. The molecule has 0 aliphatic heterocycles. The molecule has 2 aromatic rings. The molecule has 0 bridgehead atoms. The SMILES string of the molecule is CCNc1ccnn2ccnc12. The molecule has 62 valence electrons. The fourth-order valence-corrected chi connectivity index (χ4v) is 1.17. The summed E-state index contributed by atoms with van der Waals surface area (Å²) in [4.78, 5) is 4.18. The van der Waals surface area contributed by atoms with E-state index in [2.05, 4.69) is 22.3 Å². The number of rotatable bonds is 2. The van der Waals surface area contributed by atoms with Gasteiger partial charge >= 0.3 is 0 Å². The summed E-state index contributed by atoms with van der Waals surface area (Å²) < 4.78 is 1.75. The van der Waals surface area contributed by atoms with Crippen molar-refractivity contribution in [2.24, 2.45) is 0 Å².